The van der Waals surface area contributed by atoms with E-state index in [0.29, 0.717) is 5.56 Å². The highest BCUT2D eigenvalue weighted by Gasteiger charge is 2.17. The van der Waals surface area contributed by atoms with Crippen molar-refractivity contribution < 1.29 is 11.4 Å². The second-order valence-corrected chi connectivity index (χ2v) is 5.64. The molecule has 1 aromatic carbocycles. The third kappa shape index (κ3) is 3.72. The van der Waals surface area contributed by atoms with Crippen LogP contribution in [0.25, 0.3) is 11.3 Å². The van der Waals surface area contributed by atoms with Crippen molar-refractivity contribution in [2.24, 2.45) is 13.0 Å². The number of aromatic nitrogens is 1. The fourth-order valence-electron chi connectivity index (χ4n) is 2.48. The lowest BCUT2D eigenvalue weighted by atomic mass is 9.94. The van der Waals surface area contributed by atoms with Crippen molar-refractivity contribution in [2.45, 2.75) is 46.8 Å². The maximum absolute atomic E-state index is 8.60. The average Bonchev–Trinajstić information content (AvgIpc) is 2.54. The van der Waals surface area contributed by atoms with E-state index in [4.69, 9.17) is 6.85 Å². The maximum Gasteiger partial charge on any atom is 0.212 e. The van der Waals surface area contributed by atoms with Crippen molar-refractivity contribution in [1.82, 2.24) is 0 Å². The highest BCUT2D eigenvalue weighted by Crippen LogP contribution is 2.24. The van der Waals surface area contributed by atoms with Gasteiger partial charge in [-0.1, -0.05) is 45.4 Å². The first kappa shape index (κ1) is 10.2. The molecule has 0 bridgehead atoms. The molecule has 0 saturated heterocycles. The van der Waals surface area contributed by atoms with Crippen LogP contribution in [0.1, 0.15) is 50.7 Å². The summed E-state index contributed by atoms with van der Waals surface area (Å²) in [6.45, 7) is 7.10. The number of aryl methyl sites for hydroxylation is 3. The normalized spacial score (nSPS) is 17.5. The van der Waals surface area contributed by atoms with Gasteiger partial charge in [0, 0.05) is 24.0 Å². The Morgan fingerprint density at radius 3 is 2.52 bits per heavy atom. The van der Waals surface area contributed by atoms with Gasteiger partial charge in [-0.05, 0) is 42.8 Å². The topological polar surface area (TPSA) is 3.88 Å². The Bertz CT molecular complexity index is 797. The van der Waals surface area contributed by atoms with Crippen LogP contribution in [0.3, 0.4) is 0 Å². The smallest absolute Gasteiger partial charge is 0.201 e. The van der Waals surface area contributed by atoms with E-state index >= 15 is 0 Å². The number of nitrogens with zero attached hydrogens (tertiary/aromatic N) is 1. The van der Waals surface area contributed by atoms with E-state index < -0.39 is 19.1 Å². The lowest BCUT2D eigenvalue weighted by molar-refractivity contribution is -0.660. The molecule has 0 aliphatic carbocycles. The highest BCUT2D eigenvalue weighted by molar-refractivity contribution is 5.61. The Labute approximate surface area is 136 Å². The van der Waals surface area contributed by atoms with Crippen molar-refractivity contribution >= 4 is 0 Å². The summed E-state index contributed by atoms with van der Waals surface area (Å²) in [6, 6.07) is 9.66. The quantitative estimate of drug-likeness (QED) is 0.705. The molecular weight excluding hydrogens is 254 g/mol. The lowest BCUT2D eigenvalue weighted by Gasteiger charge is -2.13. The van der Waals surface area contributed by atoms with Gasteiger partial charge in [-0.2, -0.15) is 0 Å². The van der Waals surface area contributed by atoms with Crippen LogP contribution in [-0.2, 0) is 19.8 Å². The minimum absolute atomic E-state index is 0.249. The first-order chi connectivity index (χ1) is 11.9. The summed E-state index contributed by atoms with van der Waals surface area (Å²) in [5.41, 5.74) is 3.47. The molecule has 0 radical (unpaired) electrons. The van der Waals surface area contributed by atoms with Gasteiger partial charge in [-0.3, -0.25) is 0 Å². The molecule has 1 atom stereocenters. The minimum Gasteiger partial charge on any atom is -0.201 e. The standard InChI is InChI=1S/C20H28N/c1-6-9-17-14-21(5)20(13-18(17)12-15(2)3)19-11-8-7-10-16(19)4/h7-8,10-11,13-15H,6,9,12H2,1-5H3/q+1/i6D,9D2,12D2. The van der Waals surface area contributed by atoms with Gasteiger partial charge in [0.15, 0.2) is 6.20 Å². The van der Waals surface area contributed by atoms with E-state index in [1.54, 1.807) is 26.1 Å². The van der Waals surface area contributed by atoms with E-state index in [-0.39, 0.29) is 11.5 Å². The second-order valence-electron chi connectivity index (χ2n) is 5.64. The van der Waals surface area contributed by atoms with Crippen molar-refractivity contribution in [3.63, 3.8) is 0 Å². The fraction of sp³-hybridized carbons (Fsp3) is 0.450. The van der Waals surface area contributed by atoms with Crippen LogP contribution in [0, 0.1) is 12.8 Å². The number of hydrogen-bond donors (Lipinski definition) is 0. The molecule has 2 rings (SSSR count). The van der Waals surface area contributed by atoms with Crippen LogP contribution in [0.5, 0.6) is 0 Å². The van der Waals surface area contributed by atoms with Gasteiger partial charge < -0.3 is 0 Å². The predicted molar refractivity (Wildman–Crippen MR) is 90.3 cm³/mol. The first-order valence-electron chi connectivity index (χ1n) is 10.0. The molecule has 0 N–H and O–H groups in total. The van der Waals surface area contributed by atoms with Crippen LogP contribution in [-0.4, -0.2) is 0 Å². The zero-order valence-corrected chi connectivity index (χ0v) is 13.6. The van der Waals surface area contributed by atoms with Gasteiger partial charge in [-0.25, -0.2) is 4.57 Å². The van der Waals surface area contributed by atoms with E-state index in [1.165, 1.54) is 6.92 Å². The van der Waals surface area contributed by atoms with Gasteiger partial charge in [0.05, 0.1) is 0 Å². The lowest BCUT2D eigenvalue weighted by Crippen LogP contribution is -2.32. The summed E-state index contributed by atoms with van der Waals surface area (Å²) in [4.78, 5) is 0. The average molecular weight is 287 g/mol. The monoisotopic (exact) mass is 287 g/mol. The molecule has 0 aliphatic heterocycles. The molecule has 112 valence electrons. The van der Waals surface area contributed by atoms with Crippen LogP contribution in [0.2, 0.25) is 0 Å². The third-order valence-corrected chi connectivity index (χ3v) is 3.44. The SMILES string of the molecule is [2H]C(C)C([2H])([2H])c1c[n+](C)c(-c2ccccc2C)cc1C([2H])([2H])C(C)C. The zero-order valence-electron chi connectivity index (χ0n) is 18.6. The Hall–Kier alpha value is -1.63. The molecular formula is C20H28N+. The number of rotatable bonds is 5. The highest BCUT2D eigenvalue weighted by atomic mass is 14.9. The molecule has 1 heterocycles. The van der Waals surface area contributed by atoms with Gasteiger partial charge in [-0.15, -0.1) is 0 Å². The molecule has 0 fully saturated rings. The van der Waals surface area contributed by atoms with Crippen LogP contribution < -0.4 is 4.57 Å². The van der Waals surface area contributed by atoms with E-state index in [9.17, 15) is 0 Å². The van der Waals surface area contributed by atoms with E-state index in [1.807, 2.05) is 42.8 Å². The summed E-state index contributed by atoms with van der Waals surface area (Å²) in [6.07, 6.45) is -3.00. The molecule has 1 unspecified atom stereocenters. The van der Waals surface area contributed by atoms with Crippen molar-refractivity contribution in [1.29, 1.82) is 0 Å². The molecule has 0 spiro atoms. The first-order valence-corrected chi connectivity index (χ1v) is 7.43. The van der Waals surface area contributed by atoms with Crippen molar-refractivity contribution in [3.8, 4) is 11.3 Å². The van der Waals surface area contributed by atoms with Crippen LogP contribution in [0.4, 0.5) is 0 Å². The van der Waals surface area contributed by atoms with E-state index in [0.717, 1.165) is 16.8 Å². The Balaban J connectivity index is 2.85. The minimum atomic E-state index is -1.94. The molecule has 1 nitrogen and oxygen atoms in total. The maximum atomic E-state index is 8.60. The zero-order chi connectivity index (χ0) is 19.9. The van der Waals surface area contributed by atoms with Gasteiger partial charge in [0.1, 0.15) is 7.05 Å². The molecule has 0 amide bonds. The van der Waals surface area contributed by atoms with Crippen LogP contribution in [0.15, 0.2) is 36.5 Å². The van der Waals surface area contributed by atoms with Gasteiger partial charge in [0.2, 0.25) is 5.69 Å². The summed E-state index contributed by atoms with van der Waals surface area (Å²) in [5, 5.41) is 0. The number of benzene rings is 1. The Morgan fingerprint density at radius 2 is 1.90 bits per heavy atom. The number of pyridine rings is 1. The molecule has 21 heavy (non-hydrogen) atoms. The van der Waals surface area contributed by atoms with Crippen LogP contribution >= 0.6 is 0 Å². The van der Waals surface area contributed by atoms with E-state index in [2.05, 4.69) is 0 Å². The summed E-state index contributed by atoms with van der Waals surface area (Å²) in [7, 11) is 1.84. The van der Waals surface area contributed by atoms with Crippen molar-refractivity contribution in [2.75, 3.05) is 0 Å². The second kappa shape index (κ2) is 6.89. The van der Waals surface area contributed by atoms with Gasteiger partial charge >= 0.3 is 0 Å². The Morgan fingerprint density at radius 1 is 1.19 bits per heavy atom. The fourth-order valence-corrected chi connectivity index (χ4v) is 2.48. The molecule has 2 aromatic rings. The number of hydrogen-bond acceptors (Lipinski definition) is 0. The molecule has 1 aromatic heterocycles. The summed E-state index contributed by atoms with van der Waals surface area (Å²) in [5.74, 6) is -0.324. The molecule has 0 aliphatic rings. The third-order valence-electron chi connectivity index (χ3n) is 3.44. The Kier molecular flexibility index (Phi) is 3.33. The molecule has 0 saturated carbocycles. The summed E-state index contributed by atoms with van der Waals surface area (Å²) >= 11 is 0. The van der Waals surface area contributed by atoms with Gasteiger partial charge in [0.25, 0.3) is 0 Å². The molecule has 1 heteroatoms. The largest absolute Gasteiger partial charge is 0.212 e. The predicted octanol–water partition coefficient (Wildman–Crippen LogP) is 4.64. The summed E-state index contributed by atoms with van der Waals surface area (Å²) < 4.78 is 43.8. The van der Waals surface area contributed by atoms with Crippen molar-refractivity contribution in [3.05, 3.63) is 53.2 Å².